The van der Waals surface area contributed by atoms with Gasteiger partial charge in [-0.2, -0.15) is 0 Å². The van der Waals surface area contributed by atoms with Crippen molar-refractivity contribution in [3.05, 3.63) is 74.5 Å². The number of hydrogen-bond acceptors (Lipinski definition) is 7. The van der Waals surface area contributed by atoms with Gasteiger partial charge in [0.25, 0.3) is 5.56 Å². The number of benzene rings is 2. The second kappa shape index (κ2) is 9.58. The van der Waals surface area contributed by atoms with Crippen molar-refractivity contribution in [3.8, 4) is 11.4 Å². The molecule has 2 aromatic heterocycles. The quantitative estimate of drug-likeness (QED) is 0.321. The van der Waals surface area contributed by atoms with Crippen LogP contribution in [0.4, 0.5) is 9.59 Å². The molecule has 0 spiro atoms. The maximum atomic E-state index is 14.0. The monoisotopic (exact) mass is 523 g/mol. The minimum absolute atomic E-state index is 0.216. The van der Waals surface area contributed by atoms with Crippen molar-refractivity contribution < 1.29 is 19.1 Å². The van der Waals surface area contributed by atoms with E-state index in [9.17, 15) is 19.2 Å². The van der Waals surface area contributed by atoms with Gasteiger partial charge in [0.15, 0.2) is 0 Å². The number of carbonyl (C=O) groups is 2. The number of amides is 2. The summed E-state index contributed by atoms with van der Waals surface area (Å²) in [7, 11) is 1.52. The number of halogens is 1. The molecule has 12 heteroatoms. The zero-order chi connectivity index (χ0) is 26.3. The summed E-state index contributed by atoms with van der Waals surface area (Å²) in [5.41, 5.74) is 5.14. The fraction of sp³-hybridized carbons (Fsp3) is 0.240. The molecule has 0 saturated carbocycles. The van der Waals surface area contributed by atoms with Crippen LogP contribution >= 0.6 is 11.6 Å². The summed E-state index contributed by atoms with van der Waals surface area (Å²) in [6.45, 7) is 0.431. The number of ether oxygens (including phenoxy) is 2. The predicted octanol–water partition coefficient (Wildman–Crippen LogP) is 3.21. The molecule has 4 aromatic rings. The van der Waals surface area contributed by atoms with E-state index in [4.69, 9.17) is 22.1 Å². The summed E-state index contributed by atoms with van der Waals surface area (Å²) in [4.78, 5) is 56.7. The summed E-state index contributed by atoms with van der Waals surface area (Å²) in [6.07, 6.45) is 0.149. The molecule has 0 bridgehead atoms. The van der Waals surface area contributed by atoms with Crippen molar-refractivity contribution in [3.63, 3.8) is 0 Å². The number of carbonyl (C=O) groups excluding carboxylic acids is 2. The fourth-order valence-electron chi connectivity index (χ4n) is 4.81. The Morgan fingerprint density at radius 3 is 2.49 bits per heavy atom. The number of nitrogens with zero attached hydrogens (tertiary/aromatic N) is 4. The van der Waals surface area contributed by atoms with Crippen LogP contribution in [0.15, 0.2) is 58.3 Å². The molecule has 1 aliphatic rings. The highest BCUT2D eigenvalue weighted by Gasteiger charge is 2.29. The summed E-state index contributed by atoms with van der Waals surface area (Å²) < 4.78 is 12.6. The van der Waals surface area contributed by atoms with Gasteiger partial charge in [-0.15, -0.1) is 0 Å². The molecule has 2 amide bonds. The molecule has 37 heavy (non-hydrogen) atoms. The predicted molar refractivity (Wildman–Crippen MR) is 137 cm³/mol. The van der Waals surface area contributed by atoms with Crippen LogP contribution in [-0.2, 0) is 4.74 Å². The van der Waals surface area contributed by atoms with Gasteiger partial charge in [-0.05, 0) is 37.1 Å². The van der Waals surface area contributed by atoms with E-state index in [1.807, 2.05) is 0 Å². The number of methoxy groups -OCH3 is 1. The van der Waals surface area contributed by atoms with Crippen LogP contribution in [0.2, 0.25) is 5.02 Å². The zero-order valence-electron chi connectivity index (χ0n) is 19.7. The average Bonchev–Trinajstić information content (AvgIpc) is 2.88. The SMILES string of the molecule is COc1cccc2c1ncc1c(=O)n(-c3cccc(Cl)c3)c(=O)n(C3CCN(C(=O)OC(N)=O)CC3)c12. The van der Waals surface area contributed by atoms with Gasteiger partial charge in [0.05, 0.1) is 23.7 Å². The van der Waals surface area contributed by atoms with Gasteiger partial charge < -0.3 is 20.1 Å². The van der Waals surface area contributed by atoms with Crippen molar-refractivity contribution >= 4 is 45.6 Å². The topological polar surface area (TPSA) is 139 Å². The third-order valence-electron chi connectivity index (χ3n) is 6.47. The Morgan fingerprint density at radius 1 is 1.08 bits per heavy atom. The van der Waals surface area contributed by atoms with Gasteiger partial charge in [-0.1, -0.05) is 29.8 Å². The highest BCUT2D eigenvalue weighted by atomic mass is 35.5. The molecule has 1 fully saturated rings. The molecule has 190 valence electrons. The van der Waals surface area contributed by atoms with E-state index in [1.165, 1.54) is 18.2 Å². The van der Waals surface area contributed by atoms with Crippen LogP contribution in [0, 0.1) is 0 Å². The third kappa shape index (κ3) is 4.27. The van der Waals surface area contributed by atoms with Crippen molar-refractivity contribution in [1.29, 1.82) is 0 Å². The first-order chi connectivity index (χ1) is 17.8. The number of piperidine rings is 1. The molecule has 2 aromatic carbocycles. The number of para-hydroxylation sites is 1. The van der Waals surface area contributed by atoms with E-state index >= 15 is 0 Å². The second-order valence-corrected chi connectivity index (χ2v) is 8.99. The number of nitrogens with two attached hydrogens (primary N) is 1. The lowest BCUT2D eigenvalue weighted by Gasteiger charge is -2.32. The van der Waals surface area contributed by atoms with Crippen molar-refractivity contribution in [2.24, 2.45) is 5.73 Å². The molecule has 1 saturated heterocycles. The zero-order valence-corrected chi connectivity index (χ0v) is 20.5. The summed E-state index contributed by atoms with van der Waals surface area (Å²) in [5.74, 6) is 0.501. The Morgan fingerprint density at radius 2 is 1.81 bits per heavy atom. The molecular weight excluding hydrogens is 502 g/mol. The lowest BCUT2D eigenvalue weighted by Crippen LogP contribution is -2.45. The normalized spacial score (nSPS) is 14.2. The first-order valence-corrected chi connectivity index (χ1v) is 11.8. The van der Waals surface area contributed by atoms with Crippen LogP contribution in [0.3, 0.4) is 0 Å². The highest BCUT2D eigenvalue weighted by Crippen LogP contribution is 2.32. The molecule has 0 unspecified atom stereocenters. The largest absolute Gasteiger partial charge is 0.494 e. The van der Waals surface area contributed by atoms with Crippen LogP contribution in [-0.4, -0.2) is 51.4 Å². The first-order valence-electron chi connectivity index (χ1n) is 11.4. The van der Waals surface area contributed by atoms with Gasteiger partial charge in [0.2, 0.25) is 0 Å². The fourth-order valence-corrected chi connectivity index (χ4v) is 5.00. The van der Waals surface area contributed by atoms with Crippen molar-refractivity contribution in [1.82, 2.24) is 19.0 Å². The summed E-state index contributed by atoms with van der Waals surface area (Å²) in [5, 5.41) is 1.20. The Bertz CT molecular complexity index is 1670. The number of primary amides is 1. The van der Waals surface area contributed by atoms with Gasteiger partial charge in [0, 0.05) is 35.7 Å². The van der Waals surface area contributed by atoms with Crippen LogP contribution in [0.25, 0.3) is 27.5 Å². The number of likely N-dealkylation sites (tertiary alicyclic amines) is 1. The minimum atomic E-state index is -1.18. The number of rotatable bonds is 3. The Balaban J connectivity index is 1.74. The lowest BCUT2D eigenvalue weighted by molar-refractivity contribution is 0.108. The molecule has 2 N–H and O–H groups in total. The van der Waals surface area contributed by atoms with E-state index < -0.39 is 23.4 Å². The maximum absolute atomic E-state index is 14.0. The molecule has 0 radical (unpaired) electrons. The van der Waals surface area contributed by atoms with Crippen molar-refractivity contribution in [2.45, 2.75) is 18.9 Å². The summed E-state index contributed by atoms with van der Waals surface area (Å²) in [6, 6.07) is 11.4. The number of aromatic nitrogens is 3. The smallest absolute Gasteiger partial charge is 0.418 e. The van der Waals surface area contributed by atoms with E-state index in [-0.39, 0.29) is 24.5 Å². The van der Waals surface area contributed by atoms with Crippen molar-refractivity contribution in [2.75, 3.05) is 20.2 Å². The molecule has 11 nitrogen and oxygen atoms in total. The lowest BCUT2D eigenvalue weighted by atomic mass is 10.0. The Kier molecular flexibility index (Phi) is 6.30. The average molecular weight is 524 g/mol. The van der Waals surface area contributed by atoms with E-state index in [0.717, 1.165) is 4.57 Å². The molecule has 5 rings (SSSR count). The summed E-state index contributed by atoms with van der Waals surface area (Å²) >= 11 is 6.17. The maximum Gasteiger partial charge on any atom is 0.418 e. The third-order valence-corrected chi connectivity index (χ3v) is 6.70. The van der Waals surface area contributed by atoms with Gasteiger partial charge >= 0.3 is 17.9 Å². The standard InChI is InChI=1S/C25H22ClN5O6/c1-36-19-7-3-6-17-20(19)28-13-18-21(17)30(15-8-10-29(11-9-15)25(35)37-23(27)33)24(34)31(22(18)32)16-5-2-4-14(26)12-16/h2-7,12-13,15H,8-11H2,1H3,(H2,27,33). The van der Waals surface area contributed by atoms with Crippen LogP contribution in [0.1, 0.15) is 18.9 Å². The Labute approximate surface area is 214 Å². The molecule has 3 heterocycles. The second-order valence-electron chi connectivity index (χ2n) is 8.56. The molecule has 0 aliphatic carbocycles. The molecule has 1 aliphatic heterocycles. The van der Waals surface area contributed by atoms with E-state index in [2.05, 4.69) is 9.72 Å². The Hall–Kier alpha value is -4.38. The van der Waals surface area contributed by atoms with Gasteiger partial charge in [-0.25, -0.2) is 19.0 Å². The van der Waals surface area contributed by atoms with Gasteiger partial charge in [-0.3, -0.25) is 14.3 Å². The minimum Gasteiger partial charge on any atom is -0.494 e. The number of hydrogen-bond donors (Lipinski definition) is 1. The van der Waals surface area contributed by atoms with E-state index in [0.29, 0.717) is 45.7 Å². The number of pyridine rings is 1. The van der Waals surface area contributed by atoms with Gasteiger partial charge in [0.1, 0.15) is 11.3 Å². The van der Waals surface area contributed by atoms with Crippen LogP contribution < -0.4 is 21.7 Å². The molecule has 0 atom stereocenters. The first kappa shape index (κ1) is 24.3. The highest BCUT2D eigenvalue weighted by molar-refractivity contribution is 6.30. The van der Waals surface area contributed by atoms with E-state index in [1.54, 1.807) is 47.0 Å². The molecular formula is C25H22ClN5O6. The van der Waals surface area contributed by atoms with Crippen LogP contribution in [0.5, 0.6) is 5.75 Å². The number of fused-ring (bicyclic) bond motifs is 3.